The van der Waals surface area contributed by atoms with E-state index < -0.39 is 5.41 Å². The smallest absolute Gasteiger partial charge is 0.318 e. The molecule has 0 aliphatic heterocycles. The van der Waals surface area contributed by atoms with Crippen molar-refractivity contribution < 1.29 is 14.6 Å². The zero-order valence-electron chi connectivity index (χ0n) is 9.25. The second-order valence-electron chi connectivity index (χ2n) is 3.20. The first-order valence-corrected chi connectivity index (χ1v) is 5.12. The Balaban J connectivity index is 4.67. The van der Waals surface area contributed by atoms with Crippen LogP contribution in [0.4, 0.5) is 0 Å². The fourth-order valence-corrected chi connectivity index (χ4v) is 1.18. The van der Waals surface area contributed by atoms with Gasteiger partial charge in [0.25, 0.3) is 0 Å². The Hall–Kier alpha value is -0.830. The summed E-state index contributed by atoms with van der Waals surface area (Å²) < 4.78 is 4.94. The van der Waals surface area contributed by atoms with Gasteiger partial charge < -0.3 is 9.84 Å². The maximum absolute atomic E-state index is 11.6. The van der Waals surface area contributed by atoms with Crippen LogP contribution in [0.3, 0.4) is 0 Å². The Bertz CT molecular complexity index is 193. The first kappa shape index (κ1) is 13.2. The summed E-state index contributed by atoms with van der Waals surface area (Å²) in [6, 6.07) is 0. The van der Waals surface area contributed by atoms with E-state index in [2.05, 4.69) is 0 Å². The Morgan fingerprint density at radius 1 is 1.43 bits per heavy atom. The highest BCUT2D eigenvalue weighted by Gasteiger charge is 2.34. The lowest BCUT2D eigenvalue weighted by atomic mass is 9.85. The molecular weight excluding hydrogens is 180 g/mol. The van der Waals surface area contributed by atoms with Gasteiger partial charge in [0.15, 0.2) is 0 Å². The van der Waals surface area contributed by atoms with E-state index in [1.165, 1.54) is 0 Å². The highest BCUT2D eigenvalue weighted by atomic mass is 16.5. The highest BCUT2D eigenvalue weighted by Crippen LogP contribution is 2.25. The van der Waals surface area contributed by atoms with Gasteiger partial charge in [0.2, 0.25) is 0 Å². The molecule has 0 radical (unpaired) electrons. The van der Waals surface area contributed by atoms with E-state index in [9.17, 15) is 9.90 Å². The fraction of sp³-hybridized carbons (Fsp3) is 0.727. The molecule has 0 aromatic rings. The third kappa shape index (κ3) is 3.14. The Labute approximate surface area is 85.8 Å². The number of rotatable bonds is 6. The molecule has 3 nitrogen and oxygen atoms in total. The summed E-state index contributed by atoms with van der Waals surface area (Å²) in [5.74, 6) is -0.338. The summed E-state index contributed by atoms with van der Waals surface area (Å²) in [4.78, 5) is 11.6. The number of hydrogen-bond donors (Lipinski definition) is 1. The van der Waals surface area contributed by atoms with Crippen molar-refractivity contribution in [1.29, 1.82) is 0 Å². The average Bonchev–Trinajstić information content (AvgIpc) is 2.21. The van der Waals surface area contributed by atoms with Crippen molar-refractivity contribution in [2.75, 3.05) is 13.2 Å². The van der Waals surface area contributed by atoms with Gasteiger partial charge in [-0.05, 0) is 19.8 Å². The molecule has 0 amide bonds. The van der Waals surface area contributed by atoms with E-state index in [0.717, 1.165) is 6.42 Å². The molecular formula is C11H20O3. The lowest BCUT2D eigenvalue weighted by Crippen LogP contribution is -2.34. The van der Waals surface area contributed by atoms with Gasteiger partial charge in [0, 0.05) is 0 Å². The minimum atomic E-state index is -0.841. The lowest BCUT2D eigenvalue weighted by Gasteiger charge is -2.24. The van der Waals surface area contributed by atoms with Gasteiger partial charge in [0.05, 0.1) is 13.2 Å². The van der Waals surface area contributed by atoms with E-state index in [1.807, 2.05) is 19.9 Å². The number of carbonyl (C=O) groups is 1. The molecule has 0 aromatic carbocycles. The summed E-state index contributed by atoms with van der Waals surface area (Å²) >= 11 is 0. The van der Waals surface area contributed by atoms with Crippen LogP contribution in [-0.2, 0) is 9.53 Å². The quantitative estimate of drug-likeness (QED) is 0.526. The maximum atomic E-state index is 11.6. The van der Waals surface area contributed by atoms with Crippen molar-refractivity contribution in [2.45, 2.75) is 33.6 Å². The fourth-order valence-electron chi connectivity index (χ4n) is 1.18. The van der Waals surface area contributed by atoms with Crippen molar-refractivity contribution in [3.63, 3.8) is 0 Å². The summed E-state index contributed by atoms with van der Waals surface area (Å²) in [5.41, 5.74) is -0.841. The monoisotopic (exact) mass is 200 g/mol. The molecule has 14 heavy (non-hydrogen) atoms. The van der Waals surface area contributed by atoms with Crippen LogP contribution in [0.1, 0.15) is 33.6 Å². The number of hydrogen-bond acceptors (Lipinski definition) is 3. The molecule has 0 aliphatic carbocycles. The SMILES string of the molecule is CCC=CC(CC)(CO)C(=O)OCC. The predicted octanol–water partition coefficient (Wildman–Crippen LogP) is 1.90. The van der Waals surface area contributed by atoms with Gasteiger partial charge in [-0.2, -0.15) is 0 Å². The summed E-state index contributed by atoms with van der Waals surface area (Å²) in [7, 11) is 0. The van der Waals surface area contributed by atoms with Crippen molar-refractivity contribution in [3.05, 3.63) is 12.2 Å². The summed E-state index contributed by atoms with van der Waals surface area (Å²) in [6.45, 7) is 5.77. The number of aliphatic hydroxyl groups excluding tert-OH is 1. The topological polar surface area (TPSA) is 46.5 Å². The molecule has 82 valence electrons. The van der Waals surface area contributed by atoms with Gasteiger partial charge in [-0.1, -0.05) is 26.0 Å². The molecule has 0 spiro atoms. The molecule has 3 heteroatoms. The predicted molar refractivity (Wildman–Crippen MR) is 55.9 cm³/mol. The molecule has 0 saturated heterocycles. The minimum Gasteiger partial charge on any atom is -0.465 e. The van der Waals surface area contributed by atoms with Crippen LogP contribution >= 0.6 is 0 Å². The molecule has 1 N–H and O–H groups in total. The highest BCUT2D eigenvalue weighted by molar-refractivity contribution is 5.79. The van der Waals surface area contributed by atoms with E-state index in [-0.39, 0.29) is 12.6 Å². The second kappa shape index (κ2) is 6.60. The standard InChI is InChI=1S/C11H20O3/c1-4-7-8-11(5-2,9-12)10(13)14-6-3/h7-8,12H,4-6,9H2,1-3H3. The zero-order valence-corrected chi connectivity index (χ0v) is 9.25. The zero-order chi connectivity index (χ0) is 11.0. The Morgan fingerprint density at radius 2 is 2.07 bits per heavy atom. The normalized spacial score (nSPS) is 15.4. The van der Waals surface area contributed by atoms with Crippen molar-refractivity contribution in [1.82, 2.24) is 0 Å². The second-order valence-corrected chi connectivity index (χ2v) is 3.20. The van der Waals surface area contributed by atoms with E-state index in [1.54, 1.807) is 13.0 Å². The van der Waals surface area contributed by atoms with Gasteiger partial charge >= 0.3 is 5.97 Å². The van der Waals surface area contributed by atoms with Gasteiger partial charge in [-0.3, -0.25) is 4.79 Å². The number of aliphatic hydroxyl groups is 1. The van der Waals surface area contributed by atoms with E-state index in [0.29, 0.717) is 13.0 Å². The molecule has 1 atom stereocenters. The van der Waals surface area contributed by atoms with Crippen LogP contribution in [0.25, 0.3) is 0 Å². The minimum absolute atomic E-state index is 0.196. The summed E-state index contributed by atoms with van der Waals surface area (Å²) in [6.07, 6.45) is 5.04. The van der Waals surface area contributed by atoms with Crippen LogP contribution < -0.4 is 0 Å². The maximum Gasteiger partial charge on any atom is 0.318 e. The molecule has 0 fully saturated rings. The molecule has 0 aliphatic rings. The van der Waals surface area contributed by atoms with E-state index >= 15 is 0 Å². The van der Waals surface area contributed by atoms with Crippen molar-refractivity contribution in [3.8, 4) is 0 Å². The molecule has 0 bridgehead atoms. The Morgan fingerprint density at radius 3 is 2.43 bits per heavy atom. The number of esters is 1. The van der Waals surface area contributed by atoms with Gasteiger partial charge in [-0.25, -0.2) is 0 Å². The third-order valence-electron chi connectivity index (χ3n) is 2.27. The largest absolute Gasteiger partial charge is 0.465 e. The van der Waals surface area contributed by atoms with Gasteiger partial charge in [0.1, 0.15) is 5.41 Å². The van der Waals surface area contributed by atoms with Crippen LogP contribution in [-0.4, -0.2) is 24.3 Å². The van der Waals surface area contributed by atoms with E-state index in [4.69, 9.17) is 4.74 Å². The summed E-state index contributed by atoms with van der Waals surface area (Å²) in [5, 5.41) is 9.25. The molecule has 0 rings (SSSR count). The first-order chi connectivity index (χ1) is 6.66. The molecule has 0 saturated carbocycles. The Kier molecular flexibility index (Phi) is 6.21. The van der Waals surface area contributed by atoms with Crippen LogP contribution in [0, 0.1) is 5.41 Å². The molecule has 0 aromatic heterocycles. The van der Waals surface area contributed by atoms with Crippen LogP contribution in [0.5, 0.6) is 0 Å². The number of allylic oxidation sites excluding steroid dienone is 1. The molecule has 1 unspecified atom stereocenters. The lowest BCUT2D eigenvalue weighted by molar-refractivity contribution is -0.154. The third-order valence-corrected chi connectivity index (χ3v) is 2.27. The number of carbonyl (C=O) groups excluding carboxylic acids is 1. The first-order valence-electron chi connectivity index (χ1n) is 5.12. The van der Waals surface area contributed by atoms with Crippen molar-refractivity contribution >= 4 is 5.97 Å². The van der Waals surface area contributed by atoms with Gasteiger partial charge in [-0.15, -0.1) is 0 Å². The van der Waals surface area contributed by atoms with Crippen molar-refractivity contribution in [2.24, 2.45) is 5.41 Å². The van der Waals surface area contributed by atoms with Crippen LogP contribution in [0.2, 0.25) is 0 Å². The number of ether oxygens (including phenoxy) is 1. The van der Waals surface area contributed by atoms with Crippen LogP contribution in [0.15, 0.2) is 12.2 Å². The molecule has 0 heterocycles. The average molecular weight is 200 g/mol.